The minimum Gasteiger partial charge on any atom is -0.497 e. The number of pyridine rings is 1. The first-order chi connectivity index (χ1) is 19.1. The first kappa shape index (κ1) is 24.8. The third-order valence-electron chi connectivity index (χ3n) is 7.51. The number of anilines is 1. The van der Waals surface area contributed by atoms with Gasteiger partial charge in [-0.05, 0) is 64.2 Å². The Labute approximate surface area is 226 Å². The van der Waals surface area contributed by atoms with Crippen LogP contribution in [0.5, 0.6) is 5.75 Å². The van der Waals surface area contributed by atoms with Crippen molar-refractivity contribution >= 4 is 16.6 Å². The van der Waals surface area contributed by atoms with Crippen LogP contribution in [0.15, 0.2) is 83.7 Å². The highest BCUT2D eigenvalue weighted by Crippen LogP contribution is 2.30. The molecule has 9 heteroatoms. The number of tetrazole rings is 1. The molecule has 5 aromatic rings. The molecule has 0 bridgehead atoms. The fourth-order valence-corrected chi connectivity index (χ4v) is 5.41. The van der Waals surface area contributed by atoms with E-state index < -0.39 is 6.04 Å². The van der Waals surface area contributed by atoms with E-state index in [1.165, 1.54) is 0 Å². The largest absolute Gasteiger partial charge is 0.497 e. The minimum absolute atomic E-state index is 0.117. The number of aromatic nitrogens is 5. The lowest BCUT2D eigenvalue weighted by Gasteiger charge is -2.39. The molecular formula is C30H31N7O2. The Bertz CT molecular complexity index is 1620. The second kappa shape index (κ2) is 10.7. The summed E-state index contributed by atoms with van der Waals surface area (Å²) >= 11 is 0. The van der Waals surface area contributed by atoms with Gasteiger partial charge in [0.1, 0.15) is 11.8 Å². The van der Waals surface area contributed by atoms with Crippen molar-refractivity contribution in [3.8, 4) is 5.75 Å². The number of H-pyrrole nitrogens is 1. The molecule has 0 radical (unpaired) electrons. The van der Waals surface area contributed by atoms with Gasteiger partial charge in [-0.1, -0.05) is 48.5 Å². The van der Waals surface area contributed by atoms with Gasteiger partial charge in [0.25, 0.3) is 5.56 Å². The van der Waals surface area contributed by atoms with Crippen LogP contribution in [-0.2, 0) is 6.54 Å². The molecule has 2 aromatic heterocycles. The van der Waals surface area contributed by atoms with Gasteiger partial charge in [0.15, 0.2) is 5.82 Å². The Morgan fingerprint density at radius 3 is 2.46 bits per heavy atom. The maximum atomic E-state index is 13.6. The number of nitrogens with one attached hydrogen (secondary N) is 1. The number of para-hydroxylation sites is 1. The normalized spacial score (nSPS) is 15.0. The molecule has 1 saturated heterocycles. The molecule has 1 atom stereocenters. The lowest BCUT2D eigenvalue weighted by Crippen LogP contribution is -2.49. The van der Waals surface area contributed by atoms with E-state index in [9.17, 15) is 4.79 Å². The Balaban J connectivity index is 1.36. The highest BCUT2D eigenvalue weighted by Gasteiger charge is 2.33. The number of hydrogen-bond acceptors (Lipinski definition) is 7. The molecule has 9 nitrogen and oxygen atoms in total. The third kappa shape index (κ3) is 5.00. The number of benzene rings is 3. The van der Waals surface area contributed by atoms with E-state index in [4.69, 9.17) is 4.74 Å². The number of methoxy groups -OCH3 is 1. The molecular weight excluding hydrogens is 490 g/mol. The average Bonchev–Trinajstić information content (AvgIpc) is 3.42. The number of ether oxygens (including phenoxy) is 1. The van der Waals surface area contributed by atoms with E-state index in [1.807, 2.05) is 66.2 Å². The summed E-state index contributed by atoms with van der Waals surface area (Å²) in [4.78, 5) is 21.4. The maximum Gasteiger partial charge on any atom is 0.253 e. The molecule has 0 aliphatic carbocycles. The van der Waals surface area contributed by atoms with Gasteiger partial charge in [0, 0.05) is 37.4 Å². The highest BCUT2D eigenvalue weighted by atomic mass is 16.5. The number of nitrogens with zero attached hydrogens (tertiary/aromatic N) is 6. The van der Waals surface area contributed by atoms with Gasteiger partial charge in [-0.2, -0.15) is 0 Å². The number of aryl methyl sites for hydroxylation is 1. The summed E-state index contributed by atoms with van der Waals surface area (Å²) in [5.41, 5.74) is 4.67. The predicted molar refractivity (Wildman–Crippen MR) is 151 cm³/mol. The standard InChI is InChI=1S/C30H31N7O2/c1-21-7-6-10-23-19-26(30(38)31-27(21)23)28(29-32-33-34-37(29)20-22-8-4-3-5-9-22)36-17-15-35(16-18-36)24-11-13-25(39-2)14-12-24/h3-14,19,28H,15-18,20H2,1-2H3,(H,31,38). The van der Waals surface area contributed by atoms with Crippen LogP contribution in [0.3, 0.4) is 0 Å². The van der Waals surface area contributed by atoms with Crippen molar-refractivity contribution in [3.05, 3.63) is 112 Å². The minimum atomic E-state index is -0.393. The molecule has 198 valence electrons. The highest BCUT2D eigenvalue weighted by molar-refractivity contribution is 5.82. The third-order valence-corrected chi connectivity index (χ3v) is 7.51. The number of fused-ring (bicyclic) bond motifs is 1. The van der Waals surface area contributed by atoms with Crippen molar-refractivity contribution in [3.63, 3.8) is 0 Å². The Morgan fingerprint density at radius 1 is 0.949 bits per heavy atom. The van der Waals surface area contributed by atoms with E-state index in [0.717, 1.165) is 59.6 Å². The summed E-state index contributed by atoms with van der Waals surface area (Å²) in [6.07, 6.45) is 0. The number of aromatic amines is 1. The second-order valence-electron chi connectivity index (χ2n) is 9.90. The maximum absolute atomic E-state index is 13.6. The molecule has 39 heavy (non-hydrogen) atoms. The molecule has 3 aromatic carbocycles. The Morgan fingerprint density at radius 2 is 1.72 bits per heavy atom. The molecule has 0 spiro atoms. The SMILES string of the molecule is COc1ccc(N2CCN(C(c3cc4cccc(C)c4[nH]c3=O)c3nnnn3Cc3ccccc3)CC2)cc1. The molecule has 1 aliphatic rings. The van der Waals surface area contributed by atoms with Gasteiger partial charge >= 0.3 is 0 Å². The van der Waals surface area contributed by atoms with Gasteiger partial charge in [-0.15, -0.1) is 5.10 Å². The number of piperazine rings is 1. The predicted octanol–water partition coefficient (Wildman–Crippen LogP) is 3.79. The van der Waals surface area contributed by atoms with E-state index in [1.54, 1.807) is 7.11 Å². The van der Waals surface area contributed by atoms with Crippen LogP contribution >= 0.6 is 0 Å². The number of hydrogen-bond donors (Lipinski definition) is 1. The molecule has 0 amide bonds. The molecule has 1 unspecified atom stereocenters. The van der Waals surface area contributed by atoms with Crippen LogP contribution in [0.4, 0.5) is 5.69 Å². The first-order valence-electron chi connectivity index (χ1n) is 13.2. The van der Waals surface area contributed by atoms with Crippen molar-refractivity contribution in [1.29, 1.82) is 0 Å². The monoisotopic (exact) mass is 521 g/mol. The van der Waals surface area contributed by atoms with Crippen LogP contribution in [-0.4, -0.2) is 63.4 Å². The van der Waals surface area contributed by atoms with Crippen molar-refractivity contribution in [2.24, 2.45) is 0 Å². The fraction of sp³-hybridized carbons (Fsp3) is 0.267. The van der Waals surface area contributed by atoms with Gasteiger partial charge in [0.2, 0.25) is 0 Å². The van der Waals surface area contributed by atoms with Crippen molar-refractivity contribution in [2.45, 2.75) is 19.5 Å². The molecule has 0 saturated carbocycles. The molecule has 3 heterocycles. The molecule has 6 rings (SSSR count). The van der Waals surface area contributed by atoms with E-state index in [0.29, 0.717) is 17.9 Å². The van der Waals surface area contributed by atoms with Crippen LogP contribution < -0.4 is 15.2 Å². The Hall–Kier alpha value is -4.50. The molecule has 1 fully saturated rings. The van der Waals surface area contributed by atoms with Crippen LogP contribution in [0.2, 0.25) is 0 Å². The molecule has 1 N–H and O–H groups in total. The summed E-state index contributed by atoms with van der Waals surface area (Å²) < 4.78 is 7.13. The molecule has 1 aliphatic heterocycles. The first-order valence-corrected chi connectivity index (χ1v) is 13.2. The summed E-state index contributed by atoms with van der Waals surface area (Å²) in [5, 5.41) is 13.9. The summed E-state index contributed by atoms with van der Waals surface area (Å²) in [5.74, 6) is 1.50. The zero-order valence-electron chi connectivity index (χ0n) is 22.1. The average molecular weight is 522 g/mol. The van der Waals surface area contributed by atoms with Gasteiger partial charge in [-0.25, -0.2) is 4.68 Å². The van der Waals surface area contributed by atoms with Crippen molar-refractivity contribution < 1.29 is 4.74 Å². The lowest BCUT2D eigenvalue weighted by atomic mass is 10.0. The zero-order chi connectivity index (χ0) is 26.8. The van der Waals surface area contributed by atoms with Crippen molar-refractivity contribution in [1.82, 2.24) is 30.1 Å². The van der Waals surface area contributed by atoms with Crippen LogP contribution in [0.25, 0.3) is 10.9 Å². The topological polar surface area (TPSA) is 92.2 Å². The fourth-order valence-electron chi connectivity index (χ4n) is 5.41. The van der Waals surface area contributed by atoms with Gasteiger partial charge in [0.05, 0.1) is 19.2 Å². The quantitative estimate of drug-likeness (QED) is 0.348. The van der Waals surface area contributed by atoms with E-state index in [-0.39, 0.29) is 5.56 Å². The smallest absolute Gasteiger partial charge is 0.253 e. The lowest BCUT2D eigenvalue weighted by molar-refractivity contribution is 0.200. The second-order valence-corrected chi connectivity index (χ2v) is 9.90. The van der Waals surface area contributed by atoms with E-state index >= 15 is 0 Å². The van der Waals surface area contributed by atoms with Gasteiger partial charge < -0.3 is 14.6 Å². The Kier molecular flexibility index (Phi) is 6.81. The number of rotatable bonds is 7. The summed E-state index contributed by atoms with van der Waals surface area (Å²) in [7, 11) is 1.68. The van der Waals surface area contributed by atoms with Crippen LogP contribution in [0, 0.1) is 6.92 Å². The van der Waals surface area contributed by atoms with Crippen molar-refractivity contribution in [2.75, 3.05) is 38.2 Å². The van der Waals surface area contributed by atoms with Crippen LogP contribution in [0.1, 0.15) is 28.6 Å². The zero-order valence-corrected chi connectivity index (χ0v) is 22.1. The van der Waals surface area contributed by atoms with E-state index in [2.05, 4.69) is 54.6 Å². The summed E-state index contributed by atoms with van der Waals surface area (Å²) in [6.45, 7) is 5.66. The summed E-state index contributed by atoms with van der Waals surface area (Å²) in [6, 6.07) is 25.9. The van der Waals surface area contributed by atoms with Gasteiger partial charge in [-0.3, -0.25) is 9.69 Å².